The maximum atomic E-state index is 13.6. The normalized spacial score (nSPS) is 15.7. The van der Waals surface area contributed by atoms with Crippen LogP contribution in [0.2, 0.25) is 0 Å². The monoisotopic (exact) mass is 496 g/mol. The number of benzene rings is 1. The van der Waals surface area contributed by atoms with Crippen LogP contribution < -0.4 is 24.4 Å². The van der Waals surface area contributed by atoms with Crippen molar-refractivity contribution in [3.63, 3.8) is 0 Å². The smallest absolute Gasteiger partial charge is 0.338 e. The van der Waals surface area contributed by atoms with Gasteiger partial charge in [-0.15, -0.1) is 0 Å². The maximum absolute atomic E-state index is 13.6. The van der Waals surface area contributed by atoms with Crippen molar-refractivity contribution in [1.29, 1.82) is 0 Å². The molecule has 0 fully saturated rings. The molecule has 3 aromatic rings. The van der Waals surface area contributed by atoms with Gasteiger partial charge in [0.15, 0.2) is 16.3 Å². The van der Waals surface area contributed by atoms with Gasteiger partial charge in [0.1, 0.15) is 11.5 Å². The van der Waals surface area contributed by atoms with Crippen LogP contribution in [0.25, 0.3) is 6.08 Å². The molecule has 0 spiro atoms. The molecule has 0 aliphatic carbocycles. The summed E-state index contributed by atoms with van der Waals surface area (Å²) in [5.41, 5.74) is 1.20. The second-order valence-corrected chi connectivity index (χ2v) is 9.34. The minimum Gasteiger partial charge on any atom is -0.493 e. The molecular formula is C26H28N2O6S. The van der Waals surface area contributed by atoms with Gasteiger partial charge in [-0.1, -0.05) is 17.4 Å². The highest BCUT2D eigenvalue weighted by Gasteiger charge is 2.34. The van der Waals surface area contributed by atoms with Crippen molar-refractivity contribution in [2.24, 2.45) is 4.99 Å². The fourth-order valence-electron chi connectivity index (χ4n) is 3.97. The molecule has 1 aliphatic heterocycles. The number of thiazole rings is 1. The summed E-state index contributed by atoms with van der Waals surface area (Å²) >= 11 is 1.24. The number of aromatic nitrogens is 1. The van der Waals surface area contributed by atoms with Crippen molar-refractivity contribution in [2.45, 2.75) is 46.8 Å². The number of nitrogens with zero attached hydrogens (tertiary/aromatic N) is 2. The van der Waals surface area contributed by atoms with Crippen molar-refractivity contribution in [2.75, 3.05) is 13.7 Å². The molecule has 8 nitrogen and oxygen atoms in total. The number of allylic oxidation sites excluding steroid dienone is 1. The lowest BCUT2D eigenvalue weighted by Gasteiger charge is -2.25. The van der Waals surface area contributed by atoms with E-state index in [0.717, 1.165) is 5.76 Å². The zero-order valence-electron chi connectivity index (χ0n) is 20.6. The van der Waals surface area contributed by atoms with Gasteiger partial charge in [0, 0.05) is 6.08 Å². The first kappa shape index (κ1) is 24.5. The second-order valence-electron chi connectivity index (χ2n) is 8.33. The minimum atomic E-state index is -0.743. The van der Waals surface area contributed by atoms with Crippen LogP contribution in [0.15, 0.2) is 55.8 Å². The van der Waals surface area contributed by atoms with Crippen LogP contribution in [0, 0.1) is 6.92 Å². The highest BCUT2D eigenvalue weighted by atomic mass is 32.1. The van der Waals surface area contributed by atoms with E-state index in [9.17, 15) is 9.59 Å². The zero-order valence-corrected chi connectivity index (χ0v) is 21.4. The summed E-state index contributed by atoms with van der Waals surface area (Å²) in [5.74, 6) is 1.88. The molecule has 0 bridgehead atoms. The molecule has 9 heteroatoms. The number of aryl methyl sites for hydroxylation is 1. The van der Waals surface area contributed by atoms with Crippen LogP contribution in [0.1, 0.15) is 50.8 Å². The largest absolute Gasteiger partial charge is 0.493 e. The predicted molar refractivity (Wildman–Crippen MR) is 133 cm³/mol. The van der Waals surface area contributed by atoms with Crippen molar-refractivity contribution in [3.8, 4) is 11.5 Å². The van der Waals surface area contributed by atoms with Gasteiger partial charge < -0.3 is 18.6 Å². The highest BCUT2D eigenvalue weighted by Crippen LogP contribution is 2.36. The Labute approximate surface area is 206 Å². The topological polar surface area (TPSA) is 92.3 Å². The summed E-state index contributed by atoms with van der Waals surface area (Å²) in [6.07, 6.45) is 1.65. The van der Waals surface area contributed by atoms with E-state index >= 15 is 0 Å². The van der Waals surface area contributed by atoms with Gasteiger partial charge in [0.2, 0.25) is 0 Å². The van der Waals surface area contributed by atoms with E-state index in [1.165, 1.54) is 15.9 Å². The first-order valence-corrected chi connectivity index (χ1v) is 12.2. The molecule has 35 heavy (non-hydrogen) atoms. The van der Waals surface area contributed by atoms with Crippen LogP contribution >= 0.6 is 11.3 Å². The summed E-state index contributed by atoms with van der Waals surface area (Å²) in [6.45, 7) is 9.39. The SMILES string of the molecule is CCOC(=O)C1=C(C)N=c2s/c(=C\c3ccc(C)o3)c(=O)n2C1c1ccc(OC(C)C)c(OC)c1. The number of carbonyl (C=O) groups excluding carboxylic acids is 1. The van der Waals surface area contributed by atoms with Gasteiger partial charge in [0.25, 0.3) is 5.56 Å². The van der Waals surface area contributed by atoms with Crippen LogP contribution in [0.4, 0.5) is 0 Å². The fourth-order valence-corrected chi connectivity index (χ4v) is 5.00. The van der Waals surface area contributed by atoms with Crippen molar-refractivity contribution in [3.05, 3.63) is 78.4 Å². The fraction of sp³-hybridized carbons (Fsp3) is 0.346. The quantitative estimate of drug-likeness (QED) is 0.465. The van der Waals surface area contributed by atoms with E-state index in [1.54, 1.807) is 45.2 Å². The average molecular weight is 497 g/mol. The Bertz CT molecular complexity index is 1470. The summed E-state index contributed by atoms with van der Waals surface area (Å²) in [7, 11) is 1.55. The molecule has 0 saturated heterocycles. The van der Waals surface area contributed by atoms with Gasteiger partial charge in [0.05, 0.1) is 41.7 Å². The van der Waals surface area contributed by atoms with Crippen LogP contribution in [0.5, 0.6) is 11.5 Å². The Morgan fingerprint density at radius 1 is 1.23 bits per heavy atom. The van der Waals surface area contributed by atoms with E-state index in [4.69, 9.17) is 18.6 Å². The maximum Gasteiger partial charge on any atom is 0.338 e. The van der Waals surface area contributed by atoms with Crippen LogP contribution in [-0.2, 0) is 9.53 Å². The molecule has 0 amide bonds. The molecular weight excluding hydrogens is 468 g/mol. The lowest BCUT2D eigenvalue weighted by Crippen LogP contribution is -2.40. The Kier molecular flexibility index (Phi) is 6.98. The van der Waals surface area contributed by atoms with Crippen LogP contribution in [-0.4, -0.2) is 30.4 Å². The Morgan fingerprint density at radius 2 is 2.00 bits per heavy atom. The first-order chi connectivity index (χ1) is 16.7. The van der Waals surface area contributed by atoms with Crippen molar-refractivity contribution in [1.82, 2.24) is 4.57 Å². The Hall–Kier alpha value is -3.59. The summed E-state index contributed by atoms with van der Waals surface area (Å²) in [6, 6.07) is 8.30. The number of rotatable bonds is 7. The predicted octanol–water partition coefficient (Wildman–Crippen LogP) is 3.50. The van der Waals surface area contributed by atoms with Crippen LogP contribution in [0.3, 0.4) is 0 Å². The molecule has 3 heterocycles. The molecule has 1 aromatic carbocycles. The summed E-state index contributed by atoms with van der Waals surface area (Å²) in [5, 5.41) is 0. The molecule has 0 N–H and O–H groups in total. The van der Waals surface area contributed by atoms with E-state index in [1.807, 2.05) is 32.9 Å². The molecule has 2 aromatic heterocycles. The molecule has 1 unspecified atom stereocenters. The molecule has 0 radical (unpaired) electrons. The number of hydrogen-bond acceptors (Lipinski definition) is 8. The summed E-state index contributed by atoms with van der Waals surface area (Å²) in [4.78, 5) is 31.7. The third kappa shape index (κ3) is 4.81. The Morgan fingerprint density at radius 3 is 2.63 bits per heavy atom. The van der Waals surface area contributed by atoms with E-state index in [2.05, 4.69) is 4.99 Å². The number of furan rings is 1. The zero-order chi connectivity index (χ0) is 25.3. The minimum absolute atomic E-state index is 0.0464. The number of carbonyl (C=O) groups is 1. The molecule has 1 aliphatic rings. The van der Waals surface area contributed by atoms with Crippen molar-refractivity contribution >= 4 is 23.4 Å². The Balaban J connectivity index is 1.94. The third-order valence-electron chi connectivity index (χ3n) is 5.42. The molecule has 4 rings (SSSR count). The van der Waals surface area contributed by atoms with Gasteiger partial charge >= 0.3 is 5.97 Å². The molecule has 0 saturated carbocycles. The lowest BCUT2D eigenvalue weighted by molar-refractivity contribution is -0.139. The van der Waals surface area contributed by atoms with Gasteiger partial charge in [-0.2, -0.15) is 0 Å². The number of esters is 1. The number of fused-ring (bicyclic) bond motifs is 1. The molecule has 1 atom stereocenters. The highest BCUT2D eigenvalue weighted by molar-refractivity contribution is 7.07. The standard InChI is InChI=1S/C26H28N2O6S/c1-7-32-25(30)22-16(5)27-26-28(24(29)21(35-26)13-18-10-8-15(4)34-18)23(22)17-9-11-19(33-14(2)3)20(12-17)31-6/h8-14,23H,7H2,1-6H3/b21-13-. The number of methoxy groups -OCH3 is 1. The lowest BCUT2D eigenvalue weighted by atomic mass is 9.95. The van der Waals surface area contributed by atoms with Gasteiger partial charge in [-0.05, 0) is 64.4 Å². The molecule has 184 valence electrons. The van der Waals surface area contributed by atoms with E-state index < -0.39 is 12.0 Å². The van der Waals surface area contributed by atoms with Gasteiger partial charge in [-0.3, -0.25) is 9.36 Å². The third-order valence-corrected chi connectivity index (χ3v) is 6.40. The first-order valence-electron chi connectivity index (χ1n) is 11.3. The van der Waals surface area contributed by atoms with Gasteiger partial charge in [-0.25, -0.2) is 9.79 Å². The second kappa shape index (κ2) is 9.95. The van der Waals surface area contributed by atoms with E-state index in [0.29, 0.717) is 43.4 Å². The summed E-state index contributed by atoms with van der Waals surface area (Å²) < 4.78 is 24.4. The number of ether oxygens (including phenoxy) is 3. The number of hydrogen-bond donors (Lipinski definition) is 0. The van der Waals surface area contributed by atoms with E-state index in [-0.39, 0.29) is 18.3 Å². The average Bonchev–Trinajstić information content (AvgIpc) is 3.35. The van der Waals surface area contributed by atoms with Crippen molar-refractivity contribution < 1.29 is 23.4 Å².